The van der Waals surface area contributed by atoms with Crippen LogP contribution < -0.4 is 10.1 Å². The fourth-order valence-electron chi connectivity index (χ4n) is 1.96. The number of hydrogen-bond acceptors (Lipinski definition) is 3. The van der Waals surface area contributed by atoms with E-state index in [0.717, 1.165) is 18.7 Å². The van der Waals surface area contributed by atoms with Crippen LogP contribution in [-0.2, 0) is 20.0 Å². The number of nitrogens with one attached hydrogen (secondary N) is 1. The van der Waals surface area contributed by atoms with Crippen molar-refractivity contribution < 1.29 is 4.74 Å². The molecule has 4 heteroatoms. The lowest BCUT2D eigenvalue weighted by molar-refractivity contribution is 0.322. The van der Waals surface area contributed by atoms with Gasteiger partial charge in [0.1, 0.15) is 5.75 Å². The predicted octanol–water partition coefficient (Wildman–Crippen LogP) is 2.93. The van der Waals surface area contributed by atoms with Gasteiger partial charge in [0.15, 0.2) is 0 Å². The molecular formula is C17H25N3O. The Morgan fingerprint density at radius 1 is 1.14 bits per heavy atom. The van der Waals surface area contributed by atoms with Gasteiger partial charge in [-0.1, -0.05) is 12.1 Å². The van der Waals surface area contributed by atoms with Crippen LogP contribution in [0, 0.1) is 0 Å². The second-order valence-electron chi connectivity index (χ2n) is 6.37. The highest BCUT2D eigenvalue weighted by Crippen LogP contribution is 2.13. The van der Waals surface area contributed by atoms with Gasteiger partial charge < -0.3 is 10.1 Å². The lowest BCUT2D eigenvalue weighted by Gasteiger charge is -2.20. The predicted molar refractivity (Wildman–Crippen MR) is 85.4 cm³/mol. The summed E-state index contributed by atoms with van der Waals surface area (Å²) in [7, 11) is 1.93. The zero-order valence-corrected chi connectivity index (χ0v) is 13.4. The molecule has 1 N–H and O–H groups in total. The summed E-state index contributed by atoms with van der Waals surface area (Å²) >= 11 is 0. The molecule has 0 aliphatic rings. The van der Waals surface area contributed by atoms with E-state index in [1.165, 1.54) is 11.1 Å². The summed E-state index contributed by atoms with van der Waals surface area (Å²) in [5.41, 5.74) is 2.60. The molecule has 0 amide bonds. The third-order valence-corrected chi connectivity index (χ3v) is 3.16. The maximum absolute atomic E-state index is 5.76. The molecule has 0 spiro atoms. The van der Waals surface area contributed by atoms with E-state index in [2.05, 4.69) is 43.3 Å². The van der Waals surface area contributed by atoms with Gasteiger partial charge in [-0.05, 0) is 44.0 Å². The Balaban J connectivity index is 1.77. The maximum Gasteiger partial charge on any atom is 0.119 e. The average molecular weight is 287 g/mol. The molecule has 0 aliphatic heterocycles. The van der Waals surface area contributed by atoms with Crippen LogP contribution in [0.5, 0.6) is 5.75 Å². The fraction of sp³-hybridized carbons (Fsp3) is 0.471. The van der Waals surface area contributed by atoms with E-state index in [1.807, 2.05) is 36.3 Å². The van der Waals surface area contributed by atoms with Crippen molar-refractivity contribution in [3.05, 3.63) is 47.8 Å². The number of benzene rings is 1. The molecule has 1 aromatic heterocycles. The minimum absolute atomic E-state index is 0.138. The van der Waals surface area contributed by atoms with Gasteiger partial charge in [-0.3, -0.25) is 4.68 Å². The van der Waals surface area contributed by atoms with Crippen LogP contribution >= 0.6 is 0 Å². The fourth-order valence-corrected chi connectivity index (χ4v) is 1.96. The minimum Gasteiger partial charge on any atom is -0.493 e. The molecule has 1 aromatic carbocycles. The van der Waals surface area contributed by atoms with Gasteiger partial charge in [0.2, 0.25) is 0 Å². The van der Waals surface area contributed by atoms with Crippen LogP contribution in [0.1, 0.15) is 31.9 Å². The van der Waals surface area contributed by atoms with Crippen molar-refractivity contribution in [1.82, 2.24) is 15.1 Å². The SMILES string of the molecule is Cn1cc(CCOc2ccc(CNC(C)(C)C)cc2)cn1. The number of nitrogens with zero attached hydrogens (tertiary/aromatic N) is 2. The van der Waals surface area contributed by atoms with Gasteiger partial charge in [0, 0.05) is 31.7 Å². The number of hydrogen-bond donors (Lipinski definition) is 1. The van der Waals surface area contributed by atoms with Gasteiger partial charge in [-0.2, -0.15) is 5.10 Å². The van der Waals surface area contributed by atoms with Crippen molar-refractivity contribution in [3.8, 4) is 5.75 Å². The molecule has 0 radical (unpaired) electrons. The van der Waals surface area contributed by atoms with Crippen molar-refractivity contribution in [2.45, 2.75) is 39.3 Å². The number of rotatable bonds is 6. The first kappa shape index (κ1) is 15.6. The molecule has 0 unspecified atom stereocenters. The summed E-state index contributed by atoms with van der Waals surface area (Å²) in [4.78, 5) is 0. The molecule has 0 fully saturated rings. The third kappa shape index (κ3) is 5.60. The molecule has 2 aromatic rings. The van der Waals surface area contributed by atoms with Gasteiger partial charge >= 0.3 is 0 Å². The van der Waals surface area contributed by atoms with Crippen molar-refractivity contribution in [1.29, 1.82) is 0 Å². The molecule has 2 rings (SSSR count). The molecule has 0 aliphatic carbocycles. The first-order valence-corrected chi connectivity index (χ1v) is 7.37. The van der Waals surface area contributed by atoms with E-state index in [1.54, 1.807) is 0 Å². The lowest BCUT2D eigenvalue weighted by Crippen LogP contribution is -2.35. The molecule has 0 bridgehead atoms. The van der Waals surface area contributed by atoms with E-state index < -0.39 is 0 Å². The van der Waals surface area contributed by atoms with Crippen molar-refractivity contribution in [2.24, 2.45) is 7.05 Å². The van der Waals surface area contributed by atoms with E-state index in [9.17, 15) is 0 Å². The summed E-state index contributed by atoms with van der Waals surface area (Å²) in [5.74, 6) is 0.915. The van der Waals surface area contributed by atoms with Crippen LogP contribution in [0.15, 0.2) is 36.7 Å². The Hall–Kier alpha value is -1.81. The van der Waals surface area contributed by atoms with Gasteiger partial charge in [0.05, 0.1) is 12.8 Å². The highest BCUT2D eigenvalue weighted by molar-refractivity contribution is 5.27. The number of ether oxygens (including phenoxy) is 1. The third-order valence-electron chi connectivity index (χ3n) is 3.16. The molecule has 21 heavy (non-hydrogen) atoms. The Bertz CT molecular complexity index is 552. The summed E-state index contributed by atoms with van der Waals surface area (Å²) in [6.45, 7) is 8.06. The normalized spacial score (nSPS) is 11.6. The molecule has 0 saturated carbocycles. The molecule has 4 nitrogen and oxygen atoms in total. The van der Waals surface area contributed by atoms with E-state index in [0.29, 0.717) is 6.61 Å². The zero-order chi connectivity index (χ0) is 15.3. The van der Waals surface area contributed by atoms with Crippen molar-refractivity contribution >= 4 is 0 Å². The standard InChI is InChI=1S/C17H25N3O/c1-17(2,3)18-11-14-5-7-16(8-6-14)21-10-9-15-12-19-20(4)13-15/h5-8,12-13,18H,9-11H2,1-4H3. The van der Waals surface area contributed by atoms with Crippen LogP contribution in [0.25, 0.3) is 0 Å². The molecule has 114 valence electrons. The zero-order valence-electron chi connectivity index (χ0n) is 13.4. The largest absolute Gasteiger partial charge is 0.493 e. The van der Waals surface area contributed by atoms with E-state index in [4.69, 9.17) is 4.74 Å². The minimum atomic E-state index is 0.138. The van der Waals surface area contributed by atoms with Gasteiger partial charge in [0.25, 0.3) is 0 Å². The Morgan fingerprint density at radius 2 is 1.86 bits per heavy atom. The van der Waals surface area contributed by atoms with E-state index >= 15 is 0 Å². The topological polar surface area (TPSA) is 39.1 Å². The molecular weight excluding hydrogens is 262 g/mol. The second-order valence-corrected chi connectivity index (χ2v) is 6.37. The Labute approximate surface area is 127 Å². The Kier molecular flexibility index (Phi) is 5.02. The van der Waals surface area contributed by atoms with Crippen LogP contribution in [-0.4, -0.2) is 21.9 Å². The molecule has 1 heterocycles. The quantitative estimate of drug-likeness (QED) is 0.888. The summed E-state index contributed by atoms with van der Waals surface area (Å²) in [5, 5.41) is 7.62. The molecule has 0 saturated heterocycles. The monoisotopic (exact) mass is 287 g/mol. The number of aromatic nitrogens is 2. The van der Waals surface area contributed by atoms with E-state index in [-0.39, 0.29) is 5.54 Å². The number of aryl methyl sites for hydroxylation is 1. The van der Waals surface area contributed by atoms with Gasteiger partial charge in [-0.15, -0.1) is 0 Å². The van der Waals surface area contributed by atoms with Gasteiger partial charge in [-0.25, -0.2) is 0 Å². The van der Waals surface area contributed by atoms with Crippen molar-refractivity contribution in [3.63, 3.8) is 0 Å². The van der Waals surface area contributed by atoms with Crippen LogP contribution in [0.3, 0.4) is 0 Å². The lowest BCUT2D eigenvalue weighted by atomic mass is 10.1. The van der Waals surface area contributed by atoms with Crippen LogP contribution in [0.2, 0.25) is 0 Å². The second kappa shape index (κ2) is 6.76. The summed E-state index contributed by atoms with van der Waals surface area (Å²) in [6, 6.07) is 8.28. The van der Waals surface area contributed by atoms with Crippen LogP contribution in [0.4, 0.5) is 0 Å². The highest BCUT2D eigenvalue weighted by Gasteiger charge is 2.08. The smallest absolute Gasteiger partial charge is 0.119 e. The highest BCUT2D eigenvalue weighted by atomic mass is 16.5. The average Bonchev–Trinajstić information content (AvgIpc) is 2.83. The summed E-state index contributed by atoms with van der Waals surface area (Å²) < 4.78 is 7.57. The maximum atomic E-state index is 5.76. The summed E-state index contributed by atoms with van der Waals surface area (Å²) in [6.07, 6.45) is 4.77. The van der Waals surface area contributed by atoms with Crippen molar-refractivity contribution in [2.75, 3.05) is 6.61 Å². The molecule has 0 atom stereocenters. The Morgan fingerprint density at radius 3 is 2.43 bits per heavy atom. The first-order valence-electron chi connectivity index (χ1n) is 7.37. The first-order chi connectivity index (χ1) is 9.92.